The summed E-state index contributed by atoms with van der Waals surface area (Å²) in [6, 6.07) is 4.10. The van der Waals surface area contributed by atoms with Gasteiger partial charge in [0.05, 0.1) is 11.9 Å². The number of pyridine rings is 1. The van der Waals surface area contributed by atoms with E-state index in [1.165, 1.54) is 19.3 Å². The van der Waals surface area contributed by atoms with E-state index in [0.29, 0.717) is 5.95 Å². The van der Waals surface area contributed by atoms with Crippen LogP contribution in [0.3, 0.4) is 0 Å². The lowest BCUT2D eigenvalue weighted by Gasteiger charge is -2.27. The van der Waals surface area contributed by atoms with Gasteiger partial charge in [-0.3, -0.25) is 0 Å². The molecule has 3 heterocycles. The van der Waals surface area contributed by atoms with Crippen LogP contribution >= 0.6 is 0 Å². The lowest BCUT2D eigenvalue weighted by atomic mass is 10.1. The van der Waals surface area contributed by atoms with Gasteiger partial charge in [-0.2, -0.15) is 0 Å². The molecule has 5 heteroatoms. The Hall–Kier alpha value is -2.17. The molecular formula is C16H21N5. The molecule has 0 aliphatic carbocycles. The second-order valence-corrected chi connectivity index (χ2v) is 5.54. The predicted octanol–water partition coefficient (Wildman–Crippen LogP) is 3.22. The second kappa shape index (κ2) is 6.08. The van der Waals surface area contributed by atoms with Gasteiger partial charge in [-0.05, 0) is 50.8 Å². The minimum absolute atomic E-state index is 0.616. The molecule has 0 unspecified atom stereocenters. The summed E-state index contributed by atoms with van der Waals surface area (Å²) in [6.45, 7) is 6.22. The molecule has 110 valence electrons. The van der Waals surface area contributed by atoms with E-state index >= 15 is 0 Å². The average Bonchev–Trinajstić information content (AvgIpc) is 2.53. The molecule has 21 heavy (non-hydrogen) atoms. The van der Waals surface area contributed by atoms with E-state index in [-0.39, 0.29) is 0 Å². The van der Waals surface area contributed by atoms with E-state index in [0.717, 1.165) is 35.9 Å². The number of piperidine rings is 1. The van der Waals surface area contributed by atoms with Crippen LogP contribution in [0.5, 0.6) is 0 Å². The minimum Gasteiger partial charge on any atom is -0.357 e. The van der Waals surface area contributed by atoms with Crippen LogP contribution in [0.4, 0.5) is 17.5 Å². The van der Waals surface area contributed by atoms with Gasteiger partial charge in [0, 0.05) is 25.0 Å². The molecule has 2 aromatic heterocycles. The number of hydrogen-bond donors (Lipinski definition) is 1. The SMILES string of the molecule is Cc1cnc(Nc2ccc(N3CCCCC3)nc2)nc1C. The Morgan fingerprint density at radius 1 is 1.00 bits per heavy atom. The van der Waals surface area contributed by atoms with E-state index in [4.69, 9.17) is 0 Å². The molecule has 1 aliphatic rings. The van der Waals surface area contributed by atoms with Gasteiger partial charge in [-0.15, -0.1) is 0 Å². The number of rotatable bonds is 3. The molecule has 0 amide bonds. The lowest BCUT2D eigenvalue weighted by molar-refractivity contribution is 0.573. The average molecular weight is 283 g/mol. The summed E-state index contributed by atoms with van der Waals surface area (Å²) < 4.78 is 0. The van der Waals surface area contributed by atoms with Crippen molar-refractivity contribution in [3.8, 4) is 0 Å². The summed E-state index contributed by atoms with van der Waals surface area (Å²) in [6.07, 6.45) is 7.54. The first kappa shape index (κ1) is 13.8. The van der Waals surface area contributed by atoms with Gasteiger partial charge in [0.1, 0.15) is 5.82 Å². The standard InChI is InChI=1S/C16H21N5/c1-12-10-18-16(19-13(12)2)20-14-6-7-15(17-11-14)21-8-4-3-5-9-21/h6-7,10-11H,3-5,8-9H2,1-2H3,(H,18,19,20). The molecule has 1 aliphatic heterocycles. The molecule has 0 saturated carbocycles. The van der Waals surface area contributed by atoms with Crippen LogP contribution in [0.15, 0.2) is 24.5 Å². The molecule has 0 bridgehead atoms. The van der Waals surface area contributed by atoms with Crippen molar-refractivity contribution in [3.05, 3.63) is 35.8 Å². The summed E-state index contributed by atoms with van der Waals surface area (Å²) in [5.74, 6) is 1.67. The van der Waals surface area contributed by atoms with Crippen molar-refractivity contribution < 1.29 is 0 Å². The van der Waals surface area contributed by atoms with Crippen LogP contribution in [-0.2, 0) is 0 Å². The van der Waals surface area contributed by atoms with Gasteiger partial charge in [0.15, 0.2) is 0 Å². The van der Waals surface area contributed by atoms with Crippen molar-refractivity contribution in [2.45, 2.75) is 33.1 Å². The summed E-state index contributed by atoms with van der Waals surface area (Å²) in [4.78, 5) is 15.6. The number of nitrogens with zero attached hydrogens (tertiary/aromatic N) is 4. The maximum atomic E-state index is 4.55. The van der Waals surface area contributed by atoms with E-state index in [9.17, 15) is 0 Å². The Bertz CT molecular complexity index is 603. The first-order chi connectivity index (χ1) is 10.2. The van der Waals surface area contributed by atoms with Crippen molar-refractivity contribution in [3.63, 3.8) is 0 Å². The van der Waals surface area contributed by atoms with Crippen LogP contribution in [0.2, 0.25) is 0 Å². The molecule has 1 N–H and O–H groups in total. The molecule has 1 fully saturated rings. The molecule has 0 aromatic carbocycles. The summed E-state index contributed by atoms with van der Waals surface area (Å²) >= 11 is 0. The van der Waals surface area contributed by atoms with Gasteiger partial charge in [0.2, 0.25) is 5.95 Å². The van der Waals surface area contributed by atoms with Crippen LogP contribution < -0.4 is 10.2 Å². The molecule has 5 nitrogen and oxygen atoms in total. The number of nitrogens with one attached hydrogen (secondary N) is 1. The Labute approximate surface area is 125 Å². The Kier molecular flexibility index (Phi) is 3.99. The number of aryl methyl sites for hydroxylation is 2. The van der Waals surface area contributed by atoms with Gasteiger partial charge in [-0.25, -0.2) is 15.0 Å². The quantitative estimate of drug-likeness (QED) is 0.937. The fourth-order valence-corrected chi connectivity index (χ4v) is 2.49. The van der Waals surface area contributed by atoms with E-state index in [1.807, 2.05) is 32.3 Å². The Balaban J connectivity index is 1.70. The highest BCUT2D eigenvalue weighted by molar-refractivity contribution is 5.55. The van der Waals surface area contributed by atoms with Gasteiger partial charge in [-0.1, -0.05) is 0 Å². The number of aromatic nitrogens is 3. The zero-order valence-electron chi connectivity index (χ0n) is 12.6. The summed E-state index contributed by atoms with van der Waals surface area (Å²) in [7, 11) is 0. The smallest absolute Gasteiger partial charge is 0.227 e. The second-order valence-electron chi connectivity index (χ2n) is 5.54. The molecule has 2 aromatic rings. The van der Waals surface area contributed by atoms with Crippen molar-refractivity contribution in [2.24, 2.45) is 0 Å². The number of anilines is 3. The third-order valence-electron chi connectivity index (χ3n) is 3.91. The van der Waals surface area contributed by atoms with Gasteiger partial charge >= 0.3 is 0 Å². The molecule has 0 radical (unpaired) electrons. The predicted molar refractivity (Wildman–Crippen MR) is 85.1 cm³/mol. The summed E-state index contributed by atoms with van der Waals surface area (Å²) in [5.41, 5.74) is 3.00. The molecule has 3 rings (SSSR count). The van der Waals surface area contributed by atoms with E-state index < -0.39 is 0 Å². The van der Waals surface area contributed by atoms with Crippen LogP contribution in [-0.4, -0.2) is 28.0 Å². The van der Waals surface area contributed by atoms with Crippen molar-refractivity contribution in [1.29, 1.82) is 0 Å². The first-order valence-electron chi connectivity index (χ1n) is 7.50. The molecule has 1 saturated heterocycles. The Morgan fingerprint density at radius 2 is 1.81 bits per heavy atom. The molecular weight excluding hydrogens is 262 g/mol. The minimum atomic E-state index is 0.616. The molecule has 0 atom stereocenters. The number of hydrogen-bond acceptors (Lipinski definition) is 5. The summed E-state index contributed by atoms with van der Waals surface area (Å²) in [5, 5.41) is 3.20. The largest absolute Gasteiger partial charge is 0.357 e. The van der Waals surface area contributed by atoms with Crippen molar-refractivity contribution >= 4 is 17.5 Å². The van der Waals surface area contributed by atoms with Crippen LogP contribution in [0.25, 0.3) is 0 Å². The normalized spacial score (nSPS) is 15.0. The van der Waals surface area contributed by atoms with Gasteiger partial charge < -0.3 is 10.2 Å². The highest BCUT2D eigenvalue weighted by Crippen LogP contribution is 2.20. The third kappa shape index (κ3) is 3.29. The van der Waals surface area contributed by atoms with E-state index in [1.54, 1.807) is 0 Å². The fraction of sp³-hybridized carbons (Fsp3) is 0.438. The highest BCUT2D eigenvalue weighted by atomic mass is 15.2. The topological polar surface area (TPSA) is 53.9 Å². The monoisotopic (exact) mass is 283 g/mol. The van der Waals surface area contributed by atoms with Crippen molar-refractivity contribution in [1.82, 2.24) is 15.0 Å². The van der Waals surface area contributed by atoms with Crippen LogP contribution in [0.1, 0.15) is 30.5 Å². The van der Waals surface area contributed by atoms with E-state index in [2.05, 4.69) is 31.2 Å². The van der Waals surface area contributed by atoms with Crippen LogP contribution in [0, 0.1) is 13.8 Å². The molecule has 0 spiro atoms. The maximum Gasteiger partial charge on any atom is 0.227 e. The fourth-order valence-electron chi connectivity index (χ4n) is 2.49. The lowest BCUT2D eigenvalue weighted by Crippen LogP contribution is -2.29. The zero-order valence-corrected chi connectivity index (χ0v) is 12.6. The van der Waals surface area contributed by atoms with Crippen molar-refractivity contribution in [2.75, 3.05) is 23.3 Å². The zero-order chi connectivity index (χ0) is 14.7. The Morgan fingerprint density at radius 3 is 2.48 bits per heavy atom. The highest BCUT2D eigenvalue weighted by Gasteiger charge is 2.11. The third-order valence-corrected chi connectivity index (χ3v) is 3.91. The maximum absolute atomic E-state index is 4.55. The first-order valence-corrected chi connectivity index (χ1v) is 7.50. The van der Waals surface area contributed by atoms with Gasteiger partial charge in [0.25, 0.3) is 0 Å².